The number of aromatic nitrogens is 3. The van der Waals surface area contributed by atoms with Gasteiger partial charge in [0.05, 0.1) is 17.7 Å². The first kappa shape index (κ1) is 17.5. The molecule has 3 aromatic rings. The first-order valence-electron chi connectivity index (χ1n) is 9.09. The predicted molar refractivity (Wildman–Crippen MR) is 102 cm³/mol. The molecule has 0 aliphatic carbocycles. The topological polar surface area (TPSA) is 78.3 Å². The molecule has 1 aliphatic rings. The summed E-state index contributed by atoms with van der Waals surface area (Å²) in [6.07, 6.45) is 5.50. The van der Waals surface area contributed by atoms with Crippen LogP contribution in [0, 0.1) is 5.92 Å². The minimum absolute atomic E-state index is 0.214. The lowest BCUT2D eigenvalue weighted by molar-refractivity contribution is 0.0490. The van der Waals surface area contributed by atoms with Gasteiger partial charge in [-0.15, -0.1) is 0 Å². The molecule has 0 saturated carbocycles. The molecule has 1 aromatic carbocycles. The van der Waals surface area contributed by atoms with Gasteiger partial charge >= 0.3 is 0 Å². The molecule has 7 nitrogen and oxygen atoms in total. The van der Waals surface area contributed by atoms with Gasteiger partial charge < -0.3 is 14.8 Å². The zero-order valence-corrected chi connectivity index (χ0v) is 15.2. The van der Waals surface area contributed by atoms with E-state index in [2.05, 4.69) is 15.4 Å². The van der Waals surface area contributed by atoms with Gasteiger partial charge in [0.15, 0.2) is 0 Å². The average Bonchev–Trinajstić information content (AvgIpc) is 3.07. The van der Waals surface area contributed by atoms with E-state index in [1.165, 1.54) is 6.20 Å². The first-order valence-corrected chi connectivity index (χ1v) is 9.09. The fourth-order valence-electron chi connectivity index (χ4n) is 3.14. The maximum atomic E-state index is 12.4. The van der Waals surface area contributed by atoms with Crippen molar-refractivity contribution < 1.29 is 14.3 Å². The molecule has 2 aromatic heterocycles. The number of fused-ring (bicyclic) bond motifs is 1. The van der Waals surface area contributed by atoms with Gasteiger partial charge in [-0.2, -0.15) is 5.10 Å². The lowest BCUT2D eigenvalue weighted by atomic mass is 10.0. The summed E-state index contributed by atoms with van der Waals surface area (Å²) in [6, 6.07) is 9.10. The van der Waals surface area contributed by atoms with Crippen LogP contribution in [0.5, 0.6) is 5.88 Å². The van der Waals surface area contributed by atoms with Crippen LogP contribution in [0.1, 0.15) is 23.2 Å². The fourth-order valence-corrected chi connectivity index (χ4v) is 3.14. The maximum absolute atomic E-state index is 12.4. The highest BCUT2D eigenvalue weighted by Gasteiger charge is 2.15. The van der Waals surface area contributed by atoms with Gasteiger partial charge in [0.1, 0.15) is 0 Å². The Labute approximate surface area is 157 Å². The summed E-state index contributed by atoms with van der Waals surface area (Å²) in [5, 5.41) is 8.26. The highest BCUT2D eigenvalue weighted by Crippen LogP contribution is 2.19. The lowest BCUT2D eigenvalue weighted by Gasteiger charge is -2.21. The van der Waals surface area contributed by atoms with Crippen LogP contribution in [0.25, 0.3) is 10.9 Å². The number of amides is 1. The van der Waals surface area contributed by atoms with E-state index in [1.807, 2.05) is 31.4 Å². The molecule has 0 unspecified atom stereocenters. The van der Waals surface area contributed by atoms with Crippen LogP contribution in [0.2, 0.25) is 0 Å². The number of nitrogens with zero attached hydrogens (tertiary/aromatic N) is 3. The number of ether oxygens (including phenoxy) is 2. The van der Waals surface area contributed by atoms with Crippen LogP contribution in [-0.2, 0) is 11.8 Å². The van der Waals surface area contributed by atoms with Crippen LogP contribution in [-0.4, -0.2) is 40.5 Å². The minimum atomic E-state index is -0.214. The van der Waals surface area contributed by atoms with Crippen molar-refractivity contribution >= 4 is 22.5 Å². The second kappa shape index (κ2) is 7.75. The van der Waals surface area contributed by atoms with E-state index in [4.69, 9.17) is 9.47 Å². The maximum Gasteiger partial charge on any atom is 0.257 e. The second-order valence-corrected chi connectivity index (χ2v) is 6.78. The summed E-state index contributed by atoms with van der Waals surface area (Å²) < 4.78 is 12.8. The number of nitrogens with one attached hydrogen (secondary N) is 1. The van der Waals surface area contributed by atoms with Gasteiger partial charge in [-0.1, -0.05) is 0 Å². The lowest BCUT2D eigenvalue weighted by Crippen LogP contribution is -2.21. The SMILES string of the molecule is Cn1cc2ccc(NC(=O)c3ccc(OCC4CCOCC4)nc3)cc2n1. The van der Waals surface area contributed by atoms with Crippen molar-refractivity contribution in [2.45, 2.75) is 12.8 Å². The normalized spacial score (nSPS) is 15.0. The molecule has 3 heterocycles. The standard InChI is InChI=1S/C20H22N4O3/c1-24-12-16-2-4-17(10-18(16)23-24)22-20(25)15-3-5-19(21-11-15)27-13-14-6-8-26-9-7-14/h2-5,10-12,14H,6-9,13H2,1H3,(H,22,25). The van der Waals surface area contributed by atoms with Crippen molar-refractivity contribution in [3.8, 4) is 5.88 Å². The Morgan fingerprint density at radius 2 is 2.15 bits per heavy atom. The molecule has 1 saturated heterocycles. The van der Waals surface area contributed by atoms with Crippen molar-refractivity contribution in [2.75, 3.05) is 25.1 Å². The zero-order chi connectivity index (χ0) is 18.6. The Bertz CT molecular complexity index is 930. The summed E-state index contributed by atoms with van der Waals surface area (Å²) in [4.78, 5) is 16.7. The molecule has 27 heavy (non-hydrogen) atoms. The Balaban J connectivity index is 1.36. The molecule has 7 heteroatoms. The van der Waals surface area contributed by atoms with Gasteiger partial charge in [0, 0.05) is 49.8 Å². The van der Waals surface area contributed by atoms with Gasteiger partial charge in [-0.25, -0.2) is 4.98 Å². The van der Waals surface area contributed by atoms with Gasteiger partial charge in [-0.3, -0.25) is 9.48 Å². The van der Waals surface area contributed by atoms with Gasteiger partial charge in [-0.05, 0) is 43.0 Å². The van der Waals surface area contributed by atoms with E-state index in [0.717, 1.165) is 37.0 Å². The number of hydrogen-bond acceptors (Lipinski definition) is 5. The number of benzene rings is 1. The number of pyridine rings is 1. The van der Waals surface area contributed by atoms with Crippen molar-refractivity contribution in [2.24, 2.45) is 13.0 Å². The van der Waals surface area contributed by atoms with Crippen LogP contribution < -0.4 is 10.1 Å². The molecule has 0 spiro atoms. The van der Waals surface area contributed by atoms with E-state index in [0.29, 0.717) is 29.7 Å². The van der Waals surface area contributed by atoms with E-state index < -0.39 is 0 Å². The number of aryl methyl sites for hydroxylation is 1. The molecule has 1 amide bonds. The predicted octanol–water partition coefficient (Wildman–Crippen LogP) is 3.03. The Hall–Kier alpha value is -2.93. The number of carbonyl (C=O) groups is 1. The number of carbonyl (C=O) groups excluding carboxylic acids is 1. The van der Waals surface area contributed by atoms with Crippen molar-refractivity contribution in [3.63, 3.8) is 0 Å². The molecule has 4 rings (SSSR count). The minimum Gasteiger partial charge on any atom is -0.477 e. The van der Waals surface area contributed by atoms with E-state index in [-0.39, 0.29) is 5.91 Å². The number of rotatable bonds is 5. The summed E-state index contributed by atoms with van der Waals surface area (Å²) in [5.74, 6) is 0.826. The third-order valence-corrected chi connectivity index (χ3v) is 4.69. The molecule has 0 radical (unpaired) electrons. The third-order valence-electron chi connectivity index (χ3n) is 4.69. The van der Waals surface area contributed by atoms with E-state index in [1.54, 1.807) is 16.8 Å². The summed E-state index contributed by atoms with van der Waals surface area (Å²) in [5.41, 5.74) is 2.02. The van der Waals surface area contributed by atoms with Gasteiger partial charge in [0.25, 0.3) is 5.91 Å². The summed E-state index contributed by atoms with van der Waals surface area (Å²) in [7, 11) is 1.87. The molecule has 0 atom stereocenters. The summed E-state index contributed by atoms with van der Waals surface area (Å²) >= 11 is 0. The van der Waals surface area contributed by atoms with E-state index in [9.17, 15) is 4.79 Å². The largest absolute Gasteiger partial charge is 0.477 e. The zero-order valence-electron chi connectivity index (χ0n) is 15.2. The second-order valence-electron chi connectivity index (χ2n) is 6.78. The Morgan fingerprint density at radius 1 is 1.30 bits per heavy atom. The van der Waals surface area contributed by atoms with Crippen molar-refractivity contribution in [3.05, 3.63) is 48.3 Å². The molecule has 1 aliphatic heterocycles. The third kappa shape index (κ3) is 4.25. The quantitative estimate of drug-likeness (QED) is 0.751. The highest BCUT2D eigenvalue weighted by atomic mass is 16.5. The first-order chi connectivity index (χ1) is 13.2. The summed E-state index contributed by atoms with van der Waals surface area (Å²) in [6.45, 7) is 2.22. The Morgan fingerprint density at radius 3 is 2.93 bits per heavy atom. The Kier molecular flexibility index (Phi) is 5.02. The number of hydrogen-bond donors (Lipinski definition) is 1. The van der Waals surface area contributed by atoms with Crippen molar-refractivity contribution in [1.29, 1.82) is 0 Å². The van der Waals surface area contributed by atoms with Crippen LogP contribution in [0.4, 0.5) is 5.69 Å². The molecular weight excluding hydrogens is 344 g/mol. The van der Waals surface area contributed by atoms with Crippen LogP contribution in [0.15, 0.2) is 42.7 Å². The highest BCUT2D eigenvalue weighted by molar-refractivity contribution is 6.04. The molecule has 1 fully saturated rings. The molecule has 0 bridgehead atoms. The van der Waals surface area contributed by atoms with Crippen molar-refractivity contribution in [1.82, 2.24) is 14.8 Å². The molecule has 1 N–H and O–H groups in total. The van der Waals surface area contributed by atoms with Gasteiger partial charge in [0.2, 0.25) is 5.88 Å². The molecular formula is C20H22N4O3. The fraction of sp³-hybridized carbons (Fsp3) is 0.350. The average molecular weight is 366 g/mol. The van der Waals surface area contributed by atoms with Crippen LogP contribution >= 0.6 is 0 Å². The monoisotopic (exact) mass is 366 g/mol. The number of anilines is 1. The van der Waals surface area contributed by atoms with Crippen LogP contribution in [0.3, 0.4) is 0 Å². The van der Waals surface area contributed by atoms with E-state index >= 15 is 0 Å². The molecule has 140 valence electrons. The smallest absolute Gasteiger partial charge is 0.257 e.